The third-order valence-corrected chi connectivity index (χ3v) is 12.9. The molecule has 0 fully saturated rings. The maximum atomic E-state index is 12.8. The Kier molecular flexibility index (Phi) is 53.2. The van der Waals surface area contributed by atoms with Crippen molar-refractivity contribution in [1.29, 1.82) is 0 Å². The molecule has 0 aliphatic carbocycles. The van der Waals surface area contributed by atoms with E-state index < -0.39 is 6.10 Å². The van der Waals surface area contributed by atoms with Crippen LogP contribution >= 0.6 is 0 Å². The van der Waals surface area contributed by atoms with Crippen LogP contribution in [0, 0.1) is 0 Å². The zero-order valence-corrected chi connectivity index (χ0v) is 44.2. The van der Waals surface area contributed by atoms with E-state index in [9.17, 15) is 14.4 Å². The summed E-state index contributed by atoms with van der Waals surface area (Å²) in [5, 5.41) is 0. The number of hydrogen-bond acceptors (Lipinski definition) is 6. The van der Waals surface area contributed by atoms with Crippen LogP contribution in [0.1, 0.15) is 310 Å². The minimum absolute atomic E-state index is 0.0756. The van der Waals surface area contributed by atoms with E-state index in [-0.39, 0.29) is 31.1 Å². The SMILES string of the molecule is CCCCCC/C=C\C/C=C\CCCCCCCC(=O)OC(COC(=O)CCCCCCCCC/C=C\CCCCCCCC)COC(=O)CCCCCCCCCCCCCCCCC. The van der Waals surface area contributed by atoms with Crippen LogP contribution in [0.3, 0.4) is 0 Å². The van der Waals surface area contributed by atoms with Crippen LogP contribution < -0.4 is 0 Å². The summed E-state index contributed by atoms with van der Waals surface area (Å²) >= 11 is 0. The molecule has 0 spiro atoms. The number of hydrogen-bond donors (Lipinski definition) is 0. The standard InChI is InChI=1S/C60H110O6/c1-4-7-10-13-16-19-22-25-28-30-33-35-38-41-44-47-50-53-59(62)65-56-57(55-64-58(61)52-49-46-43-40-37-34-31-27-24-21-18-15-12-9-6-3)66-60(63)54-51-48-45-42-39-36-32-29-26-23-20-17-14-11-8-5-2/h20,23,25,28-29,32,57H,4-19,21-22,24,26-27,30-31,33-56H2,1-3H3/b23-20-,28-25-,32-29-. The highest BCUT2D eigenvalue weighted by Crippen LogP contribution is 2.16. The number of esters is 3. The molecule has 0 N–H and O–H groups in total. The van der Waals surface area contributed by atoms with Gasteiger partial charge in [0.25, 0.3) is 0 Å². The molecule has 0 amide bonds. The Morgan fingerprint density at radius 3 is 0.864 bits per heavy atom. The molecule has 386 valence electrons. The number of rotatable bonds is 53. The Hall–Kier alpha value is -2.37. The van der Waals surface area contributed by atoms with Crippen molar-refractivity contribution < 1.29 is 28.6 Å². The molecule has 0 bridgehead atoms. The first-order chi connectivity index (χ1) is 32.5. The van der Waals surface area contributed by atoms with Gasteiger partial charge in [0.05, 0.1) is 0 Å². The van der Waals surface area contributed by atoms with E-state index >= 15 is 0 Å². The van der Waals surface area contributed by atoms with Crippen molar-refractivity contribution in [2.75, 3.05) is 13.2 Å². The fraction of sp³-hybridized carbons (Fsp3) is 0.850. The van der Waals surface area contributed by atoms with Crippen molar-refractivity contribution in [1.82, 2.24) is 0 Å². The fourth-order valence-corrected chi connectivity index (χ4v) is 8.47. The molecule has 0 aromatic carbocycles. The van der Waals surface area contributed by atoms with Crippen molar-refractivity contribution in [3.05, 3.63) is 36.5 Å². The lowest BCUT2D eigenvalue weighted by atomic mass is 10.0. The average molecular weight is 928 g/mol. The van der Waals surface area contributed by atoms with Crippen molar-refractivity contribution in [2.24, 2.45) is 0 Å². The minimum atomic E-state index is -0.778. The monoisotopic (exact) mass is 927 g/mol. The van der Waals surface area contributed by atoms with Gasteiger partial charge in [-0.2, -0.15) is 0 Å². The predicted molar refractivity (Wildman–Crippen MR) is 284 cm³/mol. The topological polar surface area (TPSA) is 78.9 Å². The van der Waals surface area contributed by atoms with E-state index in [1.54, 1.807) is 0 Å². The molecule has 1 unspecified atom stereocenters. The number of carbonyl (C=O) groups is 3. The first-order valence-corrected chi connectivity index (χ1v) is 29.0. The molecular weight excluding hydrogens is 817 g/mol. The van der Waals surface area contributed by atoms with Crippen LogP contribution in [0.15, 0.2) is 36.5 Å². The smallest absolute Gasteiger partial charge is 0.306 e. The summed E-state index contributed by atoms with van der Waals surface area (Å²) in [7, 11) is 0. The van der Waals surface area contributed by atoms with Crippen LogP contribution in [0.5, 0.6) is 0 Å². The van der Waals surface area contributed by atoms with Crippen LogP contribution in [0.4, 0.5) is 0 Å². The summed E-state index contributed by atoms with van der Waals surface area (Å²) in [5.41, 5.74) is 0. The van der Waals surface area contributed by atoms with E-state index in [1.807, 2.05) is 0 Å². The third kappa shape index (κ3) is 52.6. The minimum Gasteiger partial charge on any atom is -0.462 e. The summed E-state index contributed by atoms with van der Waals surface area (Å²) in [6.45, 7) is 6.64. The summed E-state index contributed by atoms with van der Waals surface area (Å²) in [5.74, 6) is -0.877. The van der Waals surface area contributed by atoms with Crippen molar-refractivity contribution in [3.8, 4) is 0 Å². The van der Waals surface area contributed by atoms with Gasteiger partial charge in [-0.15, -0.1) is 0 Å². The van der Waals surface area contributed by atoms with Gasteiger partial charge in [0.2, 0.25) is 0 Å². The van der Waals surface area contributed by atoms with Crippen LogP contribution in [-0.2, 0) is 28.6 Å². The van der Waals surface area contributed by atoms with Crippen LogP contribution in [-0.4, -0.2) is 37.2 Å². The zero-order chi connectivity index (χ0) is 47.9. The van der Waals surface area contributed by atoms with E-state index in [1.165, 1.54) is 186 Å². The molecular formula is C60H110O6. The Labute approximate surface area is 410 Å². The molecule has 0 aromatic rings. The van der Waals surface area contributed by atoms with Crippen LogP contribution in [0.25, 0.3) is 0 Å². The van der Waals surface area contributed by atoms with Gasteiger partial charge in [0.1, 0.15) is 13.2 Å². The normalized spacial score (nSPS) is 12.2. The molecule has 0 aromatic heterocycles. The van der Waals surface area contributed by atoms with E-state index in [2.05, 4.69) is 57.2 Å². The van der Waals surface area contributed by atoms with Gasteiger partial charge in [0.15, 0.2) is 6.10 Å². The van der Waals surface area contributed by atoms with Crippen LogP contribution in [0.2, 0.25) is 0 Å². The second-order valence-electron chi connectivity index (χ2n) is 19.6. The second-order valence-corrected chi connectivity index (χ2v) is 19.6. The first kappa shape index (κ1) is 63.6. The molecule has 66 heavy (non-hydrogen) atoms. The lowest BCUT2D eigenvalue weighted by molar-refractivity contribution is -0.167. The summed E-state index contributed by atoms with van der Waals surface area (Å²) < 4.78 is 16.9. The molecule has 0 saturated heterocycles. The fourth-order valence-electron chi connectivity index (χ4n) is 8.47. The first-order valence-electron chi connectivity index (χ1n) is 29.0. The predicted octanol–water partition coefficient (Wildman–Crippen LogP) is 19.3. The summed E-state index contributed by atoms with van der Waals surface area (Å²) in [6, 6.07) is 0. The molecule has 0 aliphatic rings. The number of carbonyl (C=O) groups excluding carboxylic acids is 3. The Morgan fingerprint density at radius 2 is 0.545 bits per heavy atom. The number of unbranched alkanes of at least 4 members (excludes halogenated alkanes) is 36. The lowest BCUT2D eigenvalue weighted by Gasteiger charge is -2.18. The maximum Gasteiger partial charge on any atom is 0.306 e. The lowest BCUT2D eigenvalue weighted by Crippen LogP contribution is -2.30. The van der Waals surface area contributed by atoms with Gasteiger partial charge in [-0.3, -0.25) is 14.4 Å². The number of allylic oxidation sites excluding steroid dienone is 6. The highest BCUT2D eigenvalue weighted by molar-refractivity contribution is 5.71. The zero-order valence-electron chi connectivity index (χ0n) is 44.2. The van der Waals surface area contributed by atoms with E-state index in [0.717, 1.165) is 83.5 Å². The van der Waals surface area contributed by atoms with Gasteiger partial charge in [-0.25, -0.2) is 0 Å². The molecule has 0 heterocycles. The van der Waals surface area contributed by atoms with Crippen molar-refractivity contribution >= 4 is 17.9 Å². The highest BCUT2D eigenvalue weighted by Gasteiger charge is 2.19. The van der Waals surface area contributed by atoms with Crippen molar-refractivity contribution in [3.63, 3.8) is 0 Å². The molecule has 1 atom stereocenters. The van der Waals surface area contributed by atoms with Gasteiger partial charge in [-0.1, -0.05) is 250 Å². The Balaban J connectivity index is 4.37. The Morgan fingerprint density at radius 1 is 0.303 bits per heavy atom. The number of ether oxygens (including phenoxy) is 3. The summed E-state index contributed by atoms with van der Waals surface area (Å²) in [4.78, 5) is 38.1. The van der Waals surface area contributed by atoms with Gasteiger partial charge >= 0.3 is 17.9 Å². The van der Waals surface area contributed by atoms with Gasteiger partial charge < -0.3 is 14.2 Å². The van der Waals surface area contributed by atoms with Gasteiger partial charge in [0, 0.05) is 19.3 Å². The van der Waals surface area contributed by atoms with E-state index in [4.69, 9.17) is 14.2 Å². The maximum absolute atomic E-state index is 12.8. The molecule has 6 nitrogen and oxygen atoms in total. The van der Waals surface area contributed by atoms with E-state index in [0.29, 0.717) is 19.3 Å². The third-order valence-electron chi connectivity index (χ3n) is 12.9. The van der Waals surface area contributed by atoms with Crippen molar-refractivity contribution in [2.45, 2.75) is 316 Å². The van der Waals surface area contributed by atoms with Gasteiger partial charge in [-0.05, 0) is 77.0 Å². The molecule has 0 rings (SSSR count). The molecule has 0 radical (unpaired) electrons. The molecule has 0 aliphatic heterocycles. The average Bonchev–Trinajstić information content (AvgIpc) is 3.31. The quantitative estimate of drug-likeness (QED) is 0.0262. The Bertz CT molecular complexity index is 1110. The molecule has 6 heteroatoms. The largest absolute Gasteiger partial charge is 0.462 e. The summed E-state index contributed by atoms with van der Waals surface area (Å²) in [6.07, 6.45) is 65.6. The second kappa shape index (κ2) is 55.2. The highest BCUT2D eigenvalue weighted by atomic mass is 16.6. The molecule has 0 saturated carbocycles.